The number of halogens is 2. The van der Waals surface area contributed by atoms with Crippen molar-refractivity contribution in [3.8, 4) is 28.0 Å². The van der Waals surface area contributed by atoms with Crippen LogP contribution in [0.1, 0.15) is 51.5 Å². The monoisotopic (exact) mass is 438 g/mol. The third-order valence-corrected chi connectivity index (χ3v) is 5.90. The maximum atomic E-state index is 14.5. The first kappa shape index (κ1) is 22.3. The van der Waals surface area contributed by atoms with Crippen molar-refractivity contribution >= 4 is 0 Å². The highest BCUT2D eigenvalue weighted by atomic mass is 19.2. The molecular weight excluding hydrogens is 410 g/mol. The Morgan fingerprint density at radius 1 is 0.906 bits per heavy atom. The van der Waals surface area contributed by atoms with Crippen LogP contribution in [0, 0.1) is 17.6 Å². The van der Waals surface area contributed by atoms with Crippen molar-refractivity contribution in [1.29, 1.82) is 0 Å². The Morgan fingerprint density at radius 2 is 1.62 bits per heavy atom. The molecule has 0 spiro atoms. The second kappa shape index (κ2) is 10.2. The summed E-state index contributed by atoms with van der Waals surface area (Å²) in [5, 5.41) is 0. The average Bonchev–Trinajstić information content (AvgIpc) is 2.83. The Balaban J connectivity index is 1.46. The molecule has 1 aliphatic rings. The molecule has 32 heavy (non-hydrogen) atoms. The van der Waals surface area contributed by atoms with Crippen LogP contribution in [0.2, 0.25) is 0 Å². The molecule has 0 aliphatic carbocycles. The summed E-state index contributed by atoms with van der Waals surface area (Å²) >= 11 is 0. The third kappa shape index (κ3) is 4.80. The van der Waals surface area contributed by atoms with Gasteiger partial charge in [0.2, 0.25) is 5.82 Å². The fraction of sp³-hybridized carbons (Fsp3) is 0.385. The van der Waals surface area contributed by atoms with E-state index in [4.69, 9.17) is 9.47 Å². The van der Waals surface area contributed by atoms with Crippen molar-refractivity contribution in [1.82, 2.24) is 9.97 Å². The second-order valence-electron chi connectivity index (χ2n) is 8.13. The smallest absolute Gasteiger partial charge is 0.201 e. The average molecular weight is 439 g/mol. The molecule has 2 heterocycles. The van der Waals surface area contributed by atoms with Gasteiger partial charge in [0.05, 0.1) is 13.2 Å². The predicted molar refractivity (Wildman–Crippen MR) is 120 cm³/mol. The van der Waals surface area contributed by atoms with Gasteiger partial charge < -0.3 is 9.47 Å². The van der Waals surface area contributed by atoms with Gasteiger partial charge in [0.25, 0.3) is 0 Å². The minimum atomic E-state index is -0.969. The molecule has 1 fully saturated rings. The fourth-order valence-corrected chi connectivity index (χ4v) is 4.16. The number of hydrogen-bond acceptors (Lipinski definition) is 4. The molecule has 1 aliphatic heterocycles. The van der Waals surface area contributed by atoms with Crippen LogP contribution < -0.4 is 4.74 Å². The molecule has 0 amide bonds. The van der Waals surface area contributed by atoms with E-state index in [1.807, 2.05) is 12.1 Å². The van der Waals surface area contributed by atoms with Crippen molar-refractivity contribution in [2.24, 2.45) is 5.92 Å². The summed E-state index contributed by atoms with van der Waals surface area (Å²) in [6.45, 7) is 4.98. The Kier molecular flexibility index (Phi) is 7.10. The van der Waals surface area contributed by atoms with E-state index in [2.05, 4.69) is 16.9 Å². The fourth-order valence-electron chi connectivity index (χ4n) is 4.16. The Labute approximate surface area is 187 Å². The highest BCUT2D eigenvalue weighted by Gasteiger charge is 2.24. The Hall–Kier alpha value is -2.86. The second-order valence-corrected chi connectivity index (χ2v) is 8.13. The van der Waals surface area contributed by atoms with E-state index in [1.54, 1.807) is 31.5 Å². The van der Waals surface area contributed by atoms with Gasteiger partial charge in [-0.15, -0.1) is 0 Å². The Bertz CT molecular complexity index is 1030. The van der Waals surface area contributed by atoms with Crippen LogP contribution >= 0.6 is 0 Å². The molecule has 6 heteroatoms. The molecule has 0 radical (unpaired) electrons. The molecule has 2 unspecified atom stereocenters. The minimum absolute atomic E-state index is 0.0444. The van der Waals surface area contributed by atoms with Crippen molar-refractivity contribution < 1.29 is 18.3 Å². The van der Waals surface area contributed by atoms with Gasteiger partial charge in [-0.1, -0.05) is 37.6 Å². The molecule has 2 aromatic carbocycles. The topological polar surface area (TPSA) is 44.2 Å². The van der Waals surface area contributed by atoms with E-state index < -0.39 is 11.6 Å². The molecule has 0 N–H and O–H groups in total. The van der Waals surface area contributed by atoms with Crippen molar-refractivity contribution in [3.63, 3.8) is 0 Å². The highest BCUT2D eigenvalue weighted by molar-refractivity contribution is 5.70. The van der Waals surface area contributed by atoms with Gasteiger partial charge in [0.15, 0.2) is 17.4 Å². The van der Waals surface area contributed by atoms with Gasteiger partial charge in [-0.25, -0.2) is 14.4 Å². The third-order valence-electron chi connectivity index (χ3n) is 5.90. The summed E-state index contributed by atoms with van der Waals surface area (Å²) in [5.74, 6) is -0.603. The van der Waals surface area contributed by atoms with Gasteiger partial charge in [-0.05, 0) is 55.4 Å². The normalized spacial score (nSPS) is 18.5. The molecule has 168 valence electrons. The van der Waals surface area contributed by atoms with E-state index >= 15 is 0 Å². The largest absolute Gasteiger partial charge is 0.491 e. The zero-order valence-corrected chi connectivity index (χ0v) is 18.5. The summed E-state index contributed by atoms with van der Waals surface area (Å²) in [6.07, 6.45) is 8.01. The first-order chi connectivity index (χ1) is 15.6. The standard InChI is InChI=1S/C26H28F2N2O2/c1-3-5-17-6-12-23(32-16-17)26-29-14-20(15-30-26)18-7-9-19(10-8-18)21-11-13-22(31-4-2)25(28)24(21)27/h7-11,13-15,17,23H,3-6,12,16H2,1-2H3. The van der Waals surface area contributed by atoms with E-state index in [0.717, 1.165) is 30.6 Å². The van der Waals surface area contributed by atoms with Crippen LogP contribution in [-0.4, -0.2) is 23.2 Å². The lowest BCUT2D eigenvalue weighted by molar-refractivity contribution is -0.0240. The van der Waals surface area contributed by atoms with Gasteiger partial charge in [-0.2, -0.15) is 4.39 Å². The van der Waals surface area contributed by atoms with E-state index in [9.17, 15) is 8.78 Å². The van der Waals surface area contributed by atoms with Crippen LogP contribution in [0.5, 0.6) is 5.75 Å². The van der Waals surface area contributed by atoms with Crippen LogP contribution in [0.25, 0.3) is 22.3 Å². The summed E-state index contributed by atoms with van der Waals surface area (Å²) < 4.78 is 39.8. The van der Waals surface area contributed by atoms with Crippen LogP contribution in [0.3, 0.4) is 0 Å². The molecular formula is C26H28F2N2O2. The zero-order valence-electron chi connectivity index (χ0n) is 18.5. The summed E-state index contributed by atoms with van der Waals surface area (Å²) in [5.41, 5.74) is 2.54. The van der Waals surface area contributed by atoms with E-state index in [0.29, 0.717) is 17.3 Å². The number of hydrogen-bond donors (Lipinski definition) is 0. The molecule has 1 saturated heterocycles. The molecule has 4 rings (SSSR count). The molecule has 3 aromatic rings. The van der Waals surface area contributed by atoms with Gasteiger partial charge in [0, 0.05) is 23.5 Å². The predicted octanol–water partition coefficient (Wildman–Crippen LogP) is 6.76. The van der Waals surface area contributed by atoms with Gasteiger partial charge in [-0.3, -0.25) is 0 Å². The molecule has 0 saturated carbocycles. The van der Waals surface area contributed by atoms with Crippen LogP contribution in [-0.2, 0) is 4.74 Å². The number of benzene rings is 2. The number of rotatable bonds is 7. The lowest BCUT2D eigenvalue weighted by atomic mass is 9.94. The van der Waals surface area contributed by atoms with Gasteiger partial charge in [0.1, 0.15) is 6.10 Å². The van der Waals surface area contributed by atoms with Crippen LogP contribution in [0.15, 0.2) is 48.8 Å². The summed E-state index contributed by atoms with van der Waals surface area (Å²) in [4.78, 5) is 9.05. The van der Waals surface area contributed by atoms with E-state index in [-0.39, 0.29) is 24.0 Å². The molecule has 2 atom stereocenters. The zero-order chi connectivity index (χ0) is 22.5. The Morgan fingerprint density at radius 3 is 2.25 bits per heavy atom. The first-order valence-corrected chi connectivity index (χ1v) is 11.3. The van der Waals surface area contributed by atoms with Crippen molar-refractivity contribution in [2.75, 3.05) is 13.2 Å². The SMILES string of the molecule is CCCC1CCC(c2ncc(-c3ccc(-c4ccc(OCC)c(F)c4F)cc3)cn2)OC1. The molecule has 1 aromatic heterocycles. The van der Waals surface area contributed by atoms with Gasteiger partial charge >= 0.3 is 0 Å². The highest BCUT2D eigenvalue weighted by Crippen LogP contribution is 2.33. The number of aromatic nitrogens is 2. The minimum Gasteiger partial charge on any atom is -0.491 e. The lowest BCUT2D eigenvalue weighted by Crippen LogP contribution is -2.21. The first-order valence-electron chi connectivity index (χ1n) is 11.3. The summed E-state index contributed by atoms with van der Waals surface area (Å²) in [7, 11) is 0. The molecule has 4 nitrogen and oxygen atoms in total. The van der Waals surface area contributed by atoms with E-state index in [1.165, 1.54) is 25.0 Å². The maximum absolute atomic E-state index is 14.5. The lowest BCUT2D eigenvalue weighted by Gasteiger charge is -2.27. The quantitative estimate of drug-likeness (QED) is 0.409. The van der Waals surface area contributed by atoms with Crippen molar-refractivity contribution in [3.05, 3.63) is 66.3 Å². The number of nitrogens with zero attached hydrogens (tertiary/aromatic N) is 2. The van der Waals surface area contributed by atoms with Crippen LogP contribution in [0.4, 0.5) is 8.78 Å². The number of ether oxygens (including phenoxy) is 2. The van der Waals surface area contributed by atoms with Crippen molar-refractivity contribution in [2.45, 2.75) is 45.6 Å². The molecule has 0 bridgehead atoms. The maximum Gasteiger partial charge on any atom is 0.201 e. The summed E-state index contributed by atoms with van der Waals surface area (Å²) in [6, 6.07) is 10.2.